The molecule has 0 aliphatic carbocycles. The second-order valence-corrected chi connectivity index (χ2v) is 5.03. The summed E-state index contributed by atoms with van der Waals surface area (Å²) in [5.74, 6) is -2.34. The Labute approximate surface area is 122 Å². The van der Waals surface area contributed by atoms with Crippen LogP contribution in [0.25, 0.3) is 0 Å². The Kier molecular flexibility index (Phi) is 5.80. The molecule has 3 N–H and O–H groups in total. The maximum Gasteiger partial charge on any atom is 0.313 e. The lowest BCUT2D eigenvalue weighted by atomic mass is 10.1. The molecule has 1 atom stereocenters. The van der Waals surface area contributed by atoms with Crippen molar-refractivity contribution < 1.29 is 23.8 Å². The predicted molar refractivity (Wildman–Crippen MR) is 75.3 cm³/mol. The smallest absolute Gasteiger partial charge is 0.313 e. The van der Waals surface area contributed by atoms with Crippen LogP contribution in [0.3, 0.4) is 0 Å². The molecule has 0 fully saturated rings. The first-order valence-corrected chi connectivity index (χ1v) is 6.32. The number of carbonyl (C=O) groups excluding carboxylic acids is 2. The monoisotopic (exact) mass is 298 g/mol. The molecular weight excluding hydrogens is 279 g/mol. The highest BCUT2D eigenvalue weighted by Crippen LogP contribution is 2.13. The first kappa shape index (κ1) is 17.1. The number of carbonyl (C=O) groups is 2. The van der Waals surface area contributed by atoms with Gasteiger partial charge in [0.1, 0.15) is 11.4 Å². The Bertz CT molecular complexity index is 532. The highest BCUT2D eigenvalue weighted by Gasteiger charge is 2.23. The second kappa shape index (κ2) is 7.14. The van der Waals surface area contributed by atoms with E-state index in [1.807, 2.05) is 0 Å². The molecule has 116 valence electrons. The van der Waals surface area contributed by atoms with E-state index >= 15 is 0 Å². The largest absolute Gasteiger partial charge is 0.386 e. The lowest BCUT2D eigenvalue weighted by Gasteiger charge is -2.22. The van der Waals surface area contributed by atoms with Crippen molar-refractivity contribution in [3.05, 3.63) is 29.6 Å². The van der Waals surface area contributed by atoms with Crippen molar-refractivity contribution in [2.24, 2.45) is 0 Å². The molecule has 1 rings (SSSR count). The van der Waals surface area contributed by atoms with Crippen LogP contribution in [0.5, 0.6) is 0 Å². The number of halogens is 1. The number of aryl methyl sites for hydroxylation is 1. The summed E-state index contributed by atoms with van der Waals surface area (Å²) in [6.45, 7) is 2.92. The van der Waals surface area contributed by atoms with Gasteiger partial charge in [0.2, 0.25) is 0 Å². The van der Waals surface area contributed by atoms with Crippen molar-refractivity contribution in [1.29, 1.82) is 0 Å². The summed E-state index contributed by atoms with van der Waals surface area (Å²) in [4.78, 5) is 23.2. The van der Waals surface area contributed by atoms with Gasteiger partial charge >= 0.3 is 11.8 Å². The maximum absolute atomic E-state index is 13.3. The minimum Gasteiger partial charge on any atom is -0.386 e. The third kappa shape index (κ3) is 5.49. The summed E-state index contributed by atoms with van der Waals surface area (Å²) < 4.78 is 18.1. The zero-order chi connectivity index (χ0) is 16.0. The van der Waals surface area contributed by atoms with E-state index in [0.717, 1.165) is 6.07 Å². The van der Waals surface area contributed by atoms with E-state index in [1.54, 1.807) is 6.92 Å². The fraction of sp³-hybridized carbons (Fsp3) is 0.429. The molecule has 1 aromatic carbocycles. The lowest BCUT2D eigenvalue weighted by Crippen LogP contribution is -2.46. The highest BCUT2D eigenvalue weighted by molar-refractivity contribution is 6.39. The zero-order valence-electron chi connectivity index (χ0n) is 12.2. The van der Waals surface area contributed by atoms with Gasteiger partial charge in [-0.25, -0.2) is 4.39 Å². The van der Waals surface area contributed by atoms with E-state index in [2.05, 4.69) is 10.6 Å². The van der Waals surface area contributed by atoms with Gasteiger partial charge in [-0.15, -0.1) is 0 Å². The Morgan fingerprint density at radius 3 is 2.62 bits per heavy atom. The third-order valence-corrected chi connectivity index (χ3v) is 2.72. The third-order valence-electron chi connectivity index (χ3n) is 2.72. The summed E-state index contributed by atoms with van der Waals surface area (Å²) in [5, 5.41) is 14.3. The van der Waals surface area contributed by atoms with Gasteiger partial charge in [-0.05, 0) is 31.5 Å². The van der Waals surface area contributed by atoms with Crippen molar-refractivity contribution >= 4 is 17.5 Å². The number of nitrogens with one attached hydrogen (secondary N) is 2. The number of hydrogen-bond acceptors (Lipinski definition) is 4. The normalized spacial score (nSPS) is 13.4. The number of methoxy groups -OCH3 is 1. The zero-order valence-corrected chi connectivity index (χ0v) is 12.2. The van der Waals surface area contributed by atoms with Gasteiger partial charge in [-0.1, -0.05) is 6.07 Å². The van der Waals surface area contributed by atoms with Gasteiger partial charge in [0, 0.05) is 19.3 Å². The van der Waals surface area contributed by atoms with Gasteiger partial charge < -0.3 is 20.5 Å². The van der Waals surface area contributed by atoms with E-state index in [-0.39, 0.29) is 18.8 Å². The van der Waals surface area contributed by atoms with Crippen LogP contribution >= 0.6 is 0 Å². The number of rotatable bonds is 5. The van der Waals surface area contributed by atoms with Gasteiger partial charge in [-0.2, -0.15) is 0 Å². The summed E-state index contributed by atoms with van der Waals surface area (Å²) >= 11 is 0. The van der Waals surface area contributed by atoms with Crippen LogP contribution in [-0.2, 0) is 14.3 Å². The Morgan fingerprint density at radius 2 is 2.05 bits per heavy atom. The van der Waals surface area contributed by atoms with E-state index in [4.69, 9.17) is 4.74 Å². The predicted octanol–water partition coefficient (Wildman–Crippen LogP) is 0.586. The summed E-state index contributed by atoms with van der Waals surface area (Å²) in [5.41, 5.74) is -0.657. The molecule has 0 aromatic heterocycles. The van der Waals surface area contributed by atoms with Crippen LogP contribution in [0.1, 0.15) is 12.5 Å². The Hall–Kier alpha value is -1.99. The average molecular weight is 298 g/mol. The molecule has 21 heavy (non-hydrogen) atoms. The lowest BCUT2D eigenvalue weighted by molar-refractivity contribution is -0.137. The van der Waals surface area contributed by atoms with E-state index in [1.165, 1.54) is 26.2 Å². The minimum atomic E-state index is -1.28. The molecule has 6 nitrogen and oxygen atoms in total. The molecular formula is C14H19FN2O4. The Morgan fingerprint density at radius 1 is 1.38 bits per heavy atom. The SMILES string of the molecule is COCC(C)(O)CNC(=O)C(=O)Nc1ccc(C)c(F)c1. The molecule has 7 heteroatoms. The van der Waals surface area contributed by atoms with Crippen LogP contribution in [0.4, 0.5) is 10.1 Å². The van der Waals surface area contributed by atoms with Gasteiger partial charge in [0.15, 0.2) is 0 Å². The molecule has 2 amide bonds. The fourth-order valence-corrected chi connectivity index (χ4v) is 1.57. The molecule has 0 aliphatic rings. The Balaban J connectivity index is 2.55. The van der Waals surface area contributed by atoms with Crippen molar-refractivity contribution in [1.82, 2.24) is 5.32 Å². The summed E-state index contributed by atoms with van der Waals surface area (Å²) in [7, 11) is 1.41. The molecule has 0 saturated carbocycles. The van der Waals surface area contributed by atoms with Crippen molar-refractivity contribution in [3.63, 3.8) is 0 Å². The van der Waals surface area contributed by atoms with Crippen molar-refractivity contribution in [2.45, 2.75) is 19.4 Å². The quantitative estimate of drug-likeness (QED) is 0.694. The number of amides is 2. The van der Waals surface area contributed by atoms with Crippen LogP contribution in [0.15, 0.2) is 18.2 Å². The minimum absolute atomic E-state index is 0.0120. The molecule has 1 unspecified atom stereocenters. The van der Waals surface area contributed by atoms with Gasteiger partial charge in [0.25, 0.3) is 0 Å². The van der Waals surface area contributed by atoms with Gasteiger partial charge in [0.05, 0.1) is 6.61 Å². The molecule has 0 aliphatic heterocycles. The van der Waals surface area contributed by atoms with E-state index in [9.17, 15) is 19.1 Å². The van der Waals surface area contributed by atoms with E-state index < -0.39 is 23.2 Å². The molecule has 0 saturated heterocycles. The van der Waals surface area contributed by atoms with E-state index in [0.29, 0.717) is 5.56 Å². The summed E-state index contributed by atoms with van der Waals surface area (Å²) in [6, 6.07) is 4.11. The van der Waals surface area contributed by atoms with Crippen LogP contribution in [0, 0.1) is 12.7 Å². The number of anilines is 1. The second-order valence-electron chi connectivity index (χ2n) is 5.03. The number of aliphatic hydroxyl groups is 1. The number of hydrogen-bond donors (Lipinski definition) is 3. The standard InChI is InChI=1S/C14H19FN2O4/c1-9-4-5-10(6-11(9)15)17-13(19)12(18)16-7-14(2,20)8-21-3/h4-6,20H,7-8H2,1-3H3,(H,16,18)(H,17,19). The first-order valence-electron chi connectivity index (χ1n) is 6.32. The molecule has 1 aromatic rings. The topological polar surface area (TPSA) is 87.7 Å². The van der Waals surface area contributed by atoms with Gasteiger partial charge in [-0.3, -0.25) is 9.59 Å². The highest BCUT2D eigenvalue weighted by atomic mass is 19.1. The number of ether oxygens (including phenoxy) is 1. The van der Waals surface area contributed by atoms with Crippen LogP contribution in [0.2, 0.25) is 0 Å². The first-order chi connectivity index (χ1) is 9.75. The molecule has 0 bridgehead atoms. The molecule has 0 spiro atoms. The van der Waals surface area contributed by atoms with Crippen LogP contribution < -0.4 is 10.6 Å². The molecule has 0 radical (unpaired) electrons. The van der Waals surface area contributed by atoms with Crippen molar-refractivity contribution in [2.75, 3.05) is 25.6 Å². The van der Waals surface area contributed by atoms with Crippen molar-refractivity contribution in [3.8, 4) is 0 Å². The van der Waals surface area contributed by atoms with Crippen LogP contribution in [-0.4, -0.2) is 42.8 Å². The maximum atomic E-state index is 13.3. The molecule has 0 heterocycles. The number of benzene rings is 1. The average Bonchev–Trinajstić information content (AvgIpc) is 2.40. The fourth-order valence-electron chi connectivity index (χ4n) is 1.57. The summed E-state index contributed by atoms with van der Waals surface area (Å²) in [6.07, 6.45) is 0.